The molecule has 5 atom stereocenters. The summed E-state index contributed by atoms with van der Waals surface area (Å²) in [5, 5.41) is 77.8. The van der Waals surface area contributed by atoms with Crippen LogP contribution in [0.2, 0.25) is 0 Å². The molecule has 0 amide bonds. The summed E-state index contributed by atoms with van der Waals surface area (Å²) in [6, 6.07) is 66.9. The zero-order chi connectivity index (χ0) is 63.4. The third kappa shape index (κ3) is 18.0. The number of nitrogens with zero attached hydrogens (tertiary/aromatic N) is 1. The lowest BCUT2D eigenvalue weighted by atomic mass is 9.94. The number of benzene rings is 11. The van der Waals surface area contributed by atoms with Gasteiger partial charge in [0, 0.05) is 41.1 Å². The van der Waals surface area contributed by atoms with Gasteiger partial charge in [-0.15, -0.1) is 0 Å². The lowest BCUT2D eigenvalue weighted by Gasteiger charge is -2.15. The van der Waals surface area contributed by atoms with Gasteiger partial charge in [-0.05, 0) is 135 Å². The third-order valence-electron chi connectivity index (χ3n) is 14.2. The van der Waals surface area contributed by atoms with E-state index < -0.39 is 65.0 Å². The topological polar surface area (TPSA) is 304 Å². The summed E-state index contributed by atoms with van der Waals surface area (Å²) in [5.74, 6) is -4.46. The minimum atomic E-state index is -0.970. The number of carboxylic acid groups (broad SMARTS) is 5. The van der Waals surface area contributed by atoms with Gasteiger partial charge < -0.3 is 52.5 Å². The van der Waals surface area contributed by atoms with E-state index in [1.165, 1.54) is 40.6 Å². The van der Waals surface area contributed by atoms with Crippen molar-refractivity contribution >= 4 is 106 Å². The molecule has 18 heteroatoms. The number of nitrogens with two attached hydrogens (primary N) is 1. The Kier molecular flexibility index (Phi) is 22.6. The largest absolute Gasteiger partial charge is 0.480 e. The number of rotatable bonds is 18. The van der Waals surface area contributed by atoms with Crippen molar-refractivity contribution in [2.24, 2.45) is 5.73 Å². The second-order valence-electron chi connectivity index (χ2n) is 20.8. The van der Waals surface area contributed by atoms with Gasteiger partial charge in [-0.2, -0.15) is 0 Å². The van der Waals surface area contributed by atoms with Crippen molar-refractivity contribution in [1.82, 2.24) is 5.32 Å². The predicted molar refractivity (Wildman–Crippen MR) is 348 cm³/mol. The maximum atomic E-state index is 11.0. The van der Waals surface area contributed by atoms with Crippen molar-refractivity contribution in [2.45, 2.75) is 70.9 Å². The lowest BCUT2D eigenvalue weighted by molar-refractivity contribution is -0.384. The second kappa shape index (κ2) is 30.7. The maximum Gasteiger partial charge on any atom is 0.325 e. The quantitative estimate of drug-likeness (QED) is 0.0217. The fraction of sp³-hybridized carbons (Fsp3) is 0.157. The highest BCUT2D eigenvalue weighted by Crippen LogP contribution is 2.36. The van der Waals surface area contributed by atoms with Crippen molar-refractivity contribution in [3.05, 3.63) is 240 Å². The number of non-ortho nitro benzene ring substituents is 1. The first-order chi connectivity index (χ1) is 42.1. The molecule has 88 heavy (non-hydrogen) atoms. The van der Waals surface area contributed by atoms with Crippen molar-refractivity contribution in [2.75, 3.05) is 16.0 Å². The number of aliphatic carboxylic acids is 5. The molecule has 450 valence electrons. The summed E-state index contributed by atoms with van der Waals surface area (Å²) in [7, 11) is 0. The number of nitrogens with one attached hydrogen (secondary N) is 4. The Bertz CT molecular complexity index is 4110. The van der Waals surface area contributed by atoms with Crippen molar-refractivity contribution in [3.63, 3.8) is 0 Å². The molecule has 0 saturated carbocycles. The highest BCUT2D eigenvalue weighted by Gasteiger charge is 2.16. The van der Waals surface area contributed by atoms with Gasteiger partial charge in [0.2, 0.25) is 0 Å². The molecule has 0 aliphatic rings. The van der Waals surface area contributed by atoms with Crippen LogP contribution in [0.5, 0.6) is 0 Å². The van der Waals surface area contributed by atoms with E-state index in [2.05, 4.69) is 63.7 Å². The molecule has 11 aromatic rings. The monoisotopic (exact) mass is 1180 g/mol. The molecule has 18 nitrogen and oxygen atoms in total. The Hall–Kier alpha value is -11.0. The average molecular weight is 1190 g/mol. The van der Waals surface area contributed by atoms with Gasteiger partial charge in [-0.3, -0.25) is 34.1 Å². The van der Waals surface area contributed by atoms with Crippen LogP contribution >= 0.6 is 0 Å². The lowest BCUT2D eigenvalue weighted by Crippen LogP contribution is -2.33. The molecule has 0 bridgehead atoms. The SMILES string of the molecule is CC(NCc1ccc([N+](=O)[O-])cc1)C(=O)O.CC(Nc1cc2ccc3cccc4ccc(c1)c2c34)C(=O)O.CC(Nc1ccc2ccccc2c1)C(=O)O.CC(Nc1cccc2ccccc12)C(=O)O.NC(Cc1ccc(-c2ccccc2)cc1)C(=O)O. The van der Waals surface area contributed by atoms with Gasteiger partial charge in [-0.25, -0.2) is 0 Å². The van der Waals surface area contributed by atoms with E-state index in [0.717, 1.165) is 71.6 Å². The normalized spacial score (nSPS) is 12.4. The van der Waals surface area contributed by atoms with Crippen LogP contribution in [0.4, 0.5) is 22.7 Å². The van der Waals surface area contributed by atoms with Crippen LogP contribution in [-0.2, 0) is 36.9 Å². The third-order valence-corrected chi connectivity index (χ3v) is 14.2. The van der Waals surface area contributed by atoms with E-state index in [1.807, 2.05) is 152 Å². The molecule has 0 saturated heterocycles. The van der Waals surface area contributed by atoms with Gasteiger partial charge in [0.25, 0.3) is 5.69 Å². The van der Waals surface area contributed by atoms with Gasteiger partial charge in [0.1, 0.15) is 30.2 Å². The first-order valence-corrected chi connectivity index (χ1v) is 28.1. The summed E-state index contributed by atoms with van der Waals surface area (Å²) >= 11 is 0. The Balaban J connectivity index is 0.000000158. The zero-order valence-electron chi connectivity index (χ0n) is 48.7. The van der Waals surface area contributed by atoms with Crippen molar-refractivity contribution in [1.29, 1.82) is 0 Å². The minimum absolute atomic E-state index is 0.0232. The number of nitro groups is 1. The first-order valence-electron chi connectivity index (χ1n) is 28.1. The van der Waals surface area contributed by atoms with Crippen molar-refractivity contribution in [3.8, 4) is 11.1 Å². The maximum absolute atomic E-state index is 11.0. The van der Waals surface area contributed by atoms with E-state index >= 15 is 0 Å². The van der Waals surface area contributed by atoms with Crippen LogP contribution in [0, 0.1) is 10.1 Å². The number of carboxylic acids is 5. The summed E-state index contributed by atoms with van der Waals surface area (Å²) in [4.78, 5) is 63.6. The highest BCUT2D eigenvalue weighted by molar-refractivity contribution is 6.23. The fourth-order valence-corrected chi connectivity index (χ4v) is 9.28. The molecule has 0 aliphatic carbocycles. The molecular formula is C70H68N6O12. The van der Waals surface area contributed by atoms with E-state index in [1.54, 1.807) is 32.9 Å². The van der Waals surface area contributed by atoms with Crippen LogP contribution in [0.15, 0.2) is 218 Å². The standard InChI is InChI=1S/C19H15NO2.C15H15NO2.2C13H13NO2.C10H12N2O4/c1-11(19(21)22)20-16-9-14-7-5-12-3-2-4-13-6-8-15(10-16)18(14)17(12)13;16-14(15(17)18)10-11-6-8-13(9-7-11)12-4-2-1-3-5-12;1-9(13(15)16)14-12-8-4-6-10-5-2-3-7-11(10)12;1-9(13(15)16)14-12-7-6-10-4-2-3-5-11(10)8-12;1-7(10(13)14)11-6-8-2-4-9(5-3-8)12(15)16/h2-11,20H,1H3,(H,21,22);1-9,14H,10,16H2,(H,17,18);2*2-9,14H,1H3,(H,15,16);2-5,7,11H,6H2,1H3,(H,13,14). The van der Waals surface area contributed by atoms with E-state index in [4.69, 9.17) is 31.3 Å². The second-order valence-corrected chi connectivity index (χ2v) is 20.8. The van der Waals surface area contributed by atoms with Crippen molar-refractivity contribution < 1.29 is 54.4 Å². The number of nitro benzene ring substituents is 1. The van der Waals surface area contributed by atoms with Crippen LogP contribution in [-0.4, -0.2) is 90.5 Å². The molecule has 11 aromatic carbocycles. The Morgan fingerprint density at radius 1 is 0.420 bits per heavy atom. The Morgan fingerprint density at radius 3 is 1.42 bits per heavy atom. The molecule has 5 unspecified atom stereocenters. The number of carbonyl (C=O) groups is 5. The van der Waals surface area contributed by atoms with Crippen LogP contribution in [0.25, 0.3) is 65.0 Å². The number of hydrogen-bond acceptors (Lipinski definition) is 12. The molecule has 11 N–H and O–H groups in total. The number of hydrogen-bond donors (Lipinski definition) is 10. The fourth-order valence-electron chi connectivity index (χ4n) is 9.28. The van der Waals surface area contributed by atoms with Gasteiger partial charge in [0.05, 0.1) is 4.92 Å². The molecule has 0 aliphatic heterocycles. The summed E-state index contributed by atoms with van der Waals surface area (Å²) in [6.07, 6.45) is 0.352. The molecule has 0 radical (unpaired) electrons. The molecule has 0 fully saturated rings. The van der Waals surface area contributed by atoms with E-state index in [9.17, 15) is 34.1 Å². The van der Waals surface area contributed by atoms with Crippen LogP contribution in [0.3, 0.4) is 0 Å². The van der Waals surface area contributed by atoms with E-state index in [-0.39, 0.29) is 5.69 Å². The molecular weight excluding hydrogens is 1120 g/mol. The summed E-state index contributed by atoms with van der Waals surface area (Å²) in [5.41, 5.74) is 12.0. The van der Waals surface area contributed by atoms with Gasteiger partial charge >= 0.3 is 29.8 Å². The van der Waals surface area contributed by atoms with E-state index in [0.29, 0.717) is 13.0 Å². The first kappa shape index (κ1) is 64.6. The molecule has 0 spiro atoms. The number of anilines is 3. The minimum Gasteiger partial charge on any atom is -0.480 e. The summed E-state index contributed by atoms with van der Waals surface area (Å²) in [6.45, 7) is 6.80. The average Bonchev–Trinajstić information content (AvgIpc) is 2.10. The predicted octanol–water partition coefficient (Wildman–Crippen LogP) is 13.4. The molecule has 11 rings (SSSR count). The van der Waals surface area contributed by atoms with Gasteiger partial charge in [0.15, 0.2) is 0 Å². The van der Waals surface area contributed by atoms with Crippen LogP contribution in [0.1, 0.15) is 38.8 Å². The van der Waals surface area contributed by atoms with Crippen LogP contribution < -0.4 is 27.0 Å². The highest BCUT2D eigenvalue weighted by atomic mass is 16.6. The Morgan fingerprint density at radius 2 is 0.852 bits per heavy atom. The molecule has 0 heterocycles. The number of fused-ring (bicyclic) bond motifs is 2. The van der Waals surface area contributed by atoms with Gasteiger partial charge in [-0.1, -0.05) is 176 Å². The summed E-state index contributed by atoms with van der Waals surface area (Å²) < 4.78 is 0. The Labute approximate surface area is 507 Å². The molecule has 0 aromatic heterocycles. The zero-order valence-corrected chi connectivity index (χ0v) is 48.7. The smallest absolute Gasteiger partial charge is 0.325 e.